The first kappa shape index (κ1) is 35.4. The molecule has 3 aromatic rings. The number of hydrogen-bond donors (Lipinski definition) is 3. The zero-order valence-electron chi connectivity index (χ0n) is 24.8. The van der Waals surface area contributed by atoms with Gasteiger partial charge in [-0.15, -0.1) is 16.9 Å². The van der Waals surface area contributed by atoms with Crippen molar-refractivity contribution in [2.75, 3.05) is 13.7 Å². The standard InChI is InChI=1S/C29H30F8N4O5S/c1-13-15(29(35,36)37)3-8-38-21(13)25(27(44)4-6-28(33,34)7-5-27)47-26-24(45-2)22(23(43)19(12-42)46-26)41-11-18(39-40-41)14-9-16(30)20(32)17(31)10-14/h3,8-11,19,22-26,42-44H,4-7,12H2,1-2H3/t19-,22+,23+,24-,25?,26+/m1/s1. The monoisotopic (exact) mass is 698 g/mol. The lowest BCUT2D eigenvalue weighted by atomic mass is 9.78. The van der Waals surface area contributed by atoms with Crippen molar-refractivity contribution < 1.29 is 59.9 Å². The van der Waals surface area contributed by atoms with Crippen LogP contribution < -0.4 is 0 Å². The number of nitrogens with zero attached hydrogens (tertiary/aromatic N) is 4. The minimum atomic E-state index is -4.80. The average Bonchev–Trinajstić information content (AvgIpc) is 3.50. The van der Waals surface area contributed by atoms with E-state index in [0.29, 0.717) is 12.1 Å². The Morgan fingerprint density at radius 1 is 1.13 bits per heavy atom. The molecule has 1 aliphatic carbocycles. The van der Waals surface area contributed by atoms with Gasteiger partial charge in [0.1, 0.15) is 35.5 Å². The molecule has 1 saturated heterocycles. The number of aliphatic hydroxyl groups is 3. The van der Waals surface area contributed by atoms with Gasteiger partial charge in [-0.05, 0) is 43.5 Å². The molecule has 5 rings (SSSR count). The van der Waals surface area contributed by atoms with Crippen LogP contribution >= 0.6 is 11.8 Å². The summed E-state index contributed by atoms with van der Waals surface area (Å²) in [6.45, 7) is 0.374. The molecule has 3 N–H and O–H groups in total. The van der Waals surface area contributed by atoms with Gasteiger partial charge in [-0.25, -0.2) is 26.6 Å². The molecule has 9 nitrogen and oxygen atoms in total. The highest BCUT2D eigenvalue weighted by atomic mass is 32.2. The van der Waals surface area contributed by atoms with E-state index in [2.05, 4.69) is 15.3 Å². The van der Waals surface area contributed by atoms with Crippen molar-refractivity contribution in [2.45, 2.75) is 85.3 Å². The number of methoxy groups -OCH3 is 1. The molecule has 6 atom stereocenters. The maximum absolute atomic E-state index is 14.2. The first-order valence-electron chi connectivity index (χ1n) is 14.3. The SMILES string of the molecule is CO[C@@H]1[C@@H](n2cc(-c3cc(F)c(F)c(F)c3)nn2)[C@@H](O)[C@@H](CO)O[C@H]1SC(c1nccc(C(F)(F)F)c1C)C1(O)CCC(F)(F)CC1. The van der Waals surface area contributed by atoms with Crippen molar-refractivity contribution in [3.05, 3.63) is 64.9 Å². The molecule has 2 fully saturated rings. The molecule has 0 bridgehead atoms. The van der Waals surface area contributed by atoms with Crippen molar-refractivity contribution in [1.29, 1.82) is 0 Å². The van der Waals surface area contributed by atoms with Gasteiger partial charge in [-0.1, -0.05) is 5.21 Å². The summed E-state index contributed by atoms with van der Waals surface area (Å²) in [5, 5.41) is 39.4. The number of alkyl halides is 5. The van der Waals surface area contributed by atoms with Crippen LogP contribution in [0.15, 0.2) is 30.6 Å². The van der Waals surface area contributed by atoms with Crippen LogP contribution in [-0.2, 0) is 15.7 Å². The van der Waals surface area contributed by atoms with Crippen LogP contribution in [0.4, 0.5) is 35.1 Å². The summed E-state index contributed by atoms with van der Waals surface area (Å²) in [7, 11) is 1.21. The lowest BCUT2D eigenvalue weighted by Gasteiger charge is -2.47. The van der Waals surface area contributed by atoms with Gasteiger partial charge in [-0.2, -0.15) is 13.2 Å². The Hall–Kier alpha value is -2.90. The fraction of sp³-hybridized carbons (Fsp3) is 0.552. The zero-order valence-corrected chi connectivity index (χ0v) is 25.6. The van der Waals surface area contributed by atoms with Crippen LogP contribution in [0.1, 0.15) is 53.8 Å². The van der Waals surface area contributed by atoms with Crippen LogP contribution in [0.3, 0.4) is 0 Å². The lowest BCUT2D eigenvalue weighted by Crippen LogP contribution is -2.56. The second-order valence-electron chi connectivity index (χ2n) is 11.6. The topological polar surface area (TPSA) is 123 Å². The quantitative estimate of drug-likeness (QED) is 0.217. The molecule has 47 heavy (non-hydrogen) atoms. The molecular formula is C29H30F8N4O5S. The fourth-order valence-electron chi connectivity index (χ4n) is 6.00. The van der Waals surface area contributed by atoms with Gasteiger partial charge in [0.15, 0.2) is 17.5 Å². The molecule has 3 heterocycles. The van der Waals surface area contributed by atoms with Crippen molar-refractivity contribution in [1.82, 2.24) is 20.0 Å². The summed E-state index contributed by atoms with van der Waals surface area (Å²) in [6.07, 6.45) is -9.39. The Balaban J connectivity index is 1.55. The van der Waals surface area contributed by atoms with Crippen molar-refractivity contribution >= 4 is 11.8 Å². The maximum atomic E-state index is 14.2. The smallest absolute Gasteiger partial charge is 0.394 e. The van der Waals surface area contributed by atoms with E-state index in [9.17, 15) is 50.4 Å². The van der Waals surface area contributed by atoms with Crippen LogP contribution in [0.25, 0.3) is 11.3 Å². The highest BCUT2D eigenvalue weighted by Gasteiger charge is 2.53. The molecule has 258 valence electrons. The van der Waals surface area contributed by atoms with E-state index < -0.39 is 108 Å². The third kappa shape index (κ3) is 6.98. The van der Waals surface area contributed by atoms with E-state index in [1.54, 1.807) is 0 Å². The van der Waals surface area contributed by atoms with Gasteiger partial charge < -0.3 is 24.8 Å². The average molecular weight is 699 g/mol. The number of halogens is 8. The predicted octanol–water partition coefficient (Wildman–Crippen LogP) is 5.13. The number of rotatable bonds is 8. The Morgan fingerprint density at radius 2 is 1.77 bits per heavy atom. The van der Waals surface area contributed by atoms with Gasteiger partial charge in [0.25, 0.3) is 0 Å². The van der Waals surface area contributed by atoms with Gasteiger partial charge in [0, 0.05) is 31.7 Å². The number of ether oxygens (including phenoxy) is 2. The van der Waals surface area contributed by atoms with E-state index in [4.69, 9.17) is 9.47 Å². The Bertz CT molecular complexity index is 1560. The number of benzene rings is 1. The molecular weight excluding hydrogens is 668 g/mol. The minimum Gasteiger partial charge on any atom is -0.394 e. The van der Waals surface area contributed by atoms with E-state index in [-0.39, 0.29) is 22.5 Å². The van der Waals surface area contributed by atoms with Crippen molar-refractivity contribution in [3.63, 3.8) is 0 Å². The number of pyridine rings is 1. The van der Waals surface area contributed by atoms with Gasteiger partial charge in [0.2, 0.25) is 5.92 Å². The second-order valence-corrected chi connectivity index (χ2v) is 12.8. The molecule has 0 radical (unpaired) electrons. The summed E-state index contributed by atoms with van der Waals surface area (Å²) in [5.74, 6) is -7.79. The van der Waals surface area contributed by atoms with E-state index in [1.807, 2.05) is 0 Å². The van der Waals surface area contributed by atoms with Crippen LogP contribution in [-0.4, -0.2) is 84.3 Å². The van der Waals surface area contributed by atoms with Gasteiger partial charge >= 0.3 is 6.18 Å². The Kier molecular flexibility index (Phi) is 9.94. The predicted molar refractivity (Wildman–Crippen MR) is 150 cm³/mol. The Labute approximate surface area is 266 Å². The molecule has 2 aliphatic rings. The maximum Gasteiger partial charge on any atom is 0.416 e. The summed E-state index contributed by atoms with van der Waals surface area (Å²) >= 11 is 0.722. The van der Waals surface area contributed by atoms with E-state index >= 15 is 0 Å². The van der Waals surface area contributed by atoms with Crippen molar-refractivity contribution in [2.24, 2.45) is 0 Å². The zero-order chi connectivity index (χ0) is 34.5. The number of hydrogen-bond acceptors (Lipinski definition) is 9. The fourth-order valence-corrected chi connectivity index (χ4v) is 7.75. The summed E-state index contributed by atoms with van der Waals surface area (Å²) < 4.78 is 124. The minimum absolute atomic E-state index is 0.139. The third-order valence-corrected chi connectivity index (χ3v) is 10.2. The number of aromatic nitrogens is 4. The summed E-state index contributed by atoms with van der Waals surface area (Å²) in [6, 6.07) is 0.852. The molecule has 18 heteroatoms. The normalized spacial score (nSPS) is 26.7. The highest BCUT2D eigenvalue weighted by Crippen LogP contribution is 2.53. The van der Waals surface area contributed by atoms with Gasteiger partial charge in [-0.3, -0.25) is 4.98 Å². The van der Waals surface area contributed by atoms with Gasteiger partial charge in [0.05, 0.1) is 34.9 Å². The second kappa shape index (κ2) is 13.2. The first-order valence-corrected chi connectivity index (χ1v) is 15.3. The number of aliphatic hydroxyl groups excluding tert-OH is 2. The Morgan fingerprint density at radius 3 is 2.34 bits per heavy atom. The van der Waals surface area contributed by atoms with Crippen LogP contribution in [0.5, 0.6) is 0 Å². The van der Waals surface area contributed by atoms with Crippen LogP contribution in [0.2, 0.25) is 0 Å². The summed E-state index contributed by atoms with van der Waals surface area (Å²) in [4.78, 5) is 4.14. The third-order valence-electron chi connectivity index (χ3n) is 8.59. The largest absolute Gasteiger partial charge is 0.416 e. The van der Waals surface area contributed by atoms with Crippen LogP contribution in [0, 0.1) is 24.4 Å². The molecule has 1 aliphatic heterocycles. The number of thioether (sulfide) groups is 1. The highest BCUT2D eigenvalue weighted by molar-refractivity contribution is 8.00. The molecule has 0 amide bonds. The first-order chi connectivity index (χ1) is 22.0. The molecule has 1 unspecified atom stereocenters. The molecule has 1 aromatic carbocycles. The van der Waals surface area contributed by atoms with E-state index in [1.165, 1.54) is 13.3 Å². The molecule has 0 spiro atoms. The molecule has 1 saturated carbocycles. The van der Waals surface area contributed by atoms with E-state index in [0.717, 1.165) is 35.6 Å². The lowest BCUT2D eigenvalue weighted by molar-refractivity contribution is -0.186. The van der Waals surface area contributed by atoms with Crippen molar-refractivity contribution in [3.8, 4) is 11.3 Å². The molecule has 2 aromatic heterocycles. The summed E-state index contributed by atoms with van der Waals surface area (Å²) in [5.41, 5.74) is -5.25.